The Kier molecular flexibility index (Phi) is 5.16. The van der Waals surface area contributed by atoms with E-state index in [9.17, 15) is 9.90 Å². The number of ether oxygens (including phenoxy) is 1. The number of methoxy groups -OCH3 is 1. The minimum absolute atomic E-state index is 0.364. The Labute approximate surface area is 124 Å². The first-order valence-electron chi connectivity index (χ1n) is 7.41. The summed E-state index contributed by atoms with van der Waals surface area (Å²) in [6.07, 6.45) is 8.22. The van der Waals surface area contributed by atoms with E-state index in [1.165, 1.54) is 24.2 Å². The second kappa shape index (κ2) is 6.68. The van der Waals surface area contributed by atoms with E-state index >= 15 is 0 Å². The Balaban J connectivity index is 2.38. The highest BCUT2D eigenvalue weighted by atomic mass is 32.1. The zero-order valence-corrected chi connectivity index (χ0v) is 13.1. The Hall–Kier alpha value is -0.940. The van der Waals surface area contributed by atoms with Crippen LogP contribution in [0.2, 0.25) is 0 Å². The first-order valence-corrected chi connectivity index (χ1v) is 8.23. The molecule has 0 radical (unpaired) electrons. The highest BCUT2D eigenvalue weighted by molar-refractivity contribution is 7.13. The standard InChI is InChI=1S/C15H23NO3S/c1-3-8-11-12(13(17)18)20-14(16-11)15(19-2)9-6-4-5-7-10-15/h3-10H2,1-2H3,(H,17,18). The predicted octanol–water partition coefficient (Wildman–Crippen LogP) is 3.99. The maximum atomic E-state index is 11.4. The Morgan fingerprint density at radius 2 is 2.00 bits per heavy atom. The topological polar surface area (TPSA) is 59.4 Å². The molecule has 1 aromatic rings. The maximum absolute atomic E-state index is 11.4. The van der Waals surface area contributed by atoms with Crippen LogP contribution in [0.4, 0.5) is 0 Å². The van der Waals surface area contributed by atoms with Crippen molar-refractivity contribution >= 4 is 17.3 Å². The number of aromatic carboxylic acids is 1. The molecule has 5 heteroatoms. The fourth-order valence-electron chi connectivity index (χ4n) is 2.92. The van der Waals surface area contributed by atoms with Crippen LogP contribution < -0.4 is 0 Å². The third-order valence-corrected chi connectivity index (χ3v) is 5.34. The molecule has 0 atom stereocenters. The number of hydrogen-bond acceptors (Lipinski definition) is 4. The van der Waals surface area contributed by atoms with Crippen molar-refractivity contribution in [3.63, 3.8) is 0 Å². The van der Waals surface area contributed by atoms with Gasteiger partial charge in [0.2, 0.25) is 0 Å². The van der Waals surface area contributed by atoms with Gasteiger partial charge in [-0.15, -0.1) is 11.3 Å². The van der Waals surface area contributed by atoms with Gasteiger partial charge in [0.1, 0.15) is 15.5 Å². The van der Waals surface area contributed by atoms with E-state index in [-0.39, 0.29) is 5.60 Å². The van der Waals surface area contributed by atoms with E-state index in [1.807, 2.05) is 6.92 Å². The summed E-state index contributed by atoms with van der Waals surface area (Å²) in [6.45, 7) is 2.04. The van der Waals surface area contributed by atoms with Gasteiger partial charge in [0, 0.05) is 7.11 Å². The van der Waals surface area contributed by atoms with Crippen LogP contribution in [0.1, 0.15) is 72.2 Å². The van der Waals surface area contributed by atoms with Gasteiger partial charge in [0.05, 0.1) is 5.69 Å². The quantitative estimate of drug-likeness (QED) is 0.835. The monoisotopic (exact) mass is 297 g/mol. The summed E-state index contributed by atoms with van der Waals surface area (Å²) < 4.78 is 5.83. The molecule has 0 aliphatic heterocycles. The minimum atomic E-state index is -0.864. The number of hydrogen-bond donors (Lipinski definition) is 1. The van der Waals surface area contributed by atoms with Gasteiger partial charge in [-0.05, 0) is 19.3 Å². The first-order chi connectivity index (χ1) is 9.63. The molecule has 0 saturated heterocycles. The number of carboxylic acids is 1. The summed E-state index contributed by atoms with van der Waals surface area (Å²) in [5.74, 6) is -0.864. The number of nitrogens with zero attached hydrogens (tertiary/aromatic N) is 1. The van der Waals surface area contributed by atoms with Gasteiger partial charge < -0.3 is 9.84 Å². The van der Waals surface area contributed by atoms with E-state index in [1.54, 1.807) is 7.11 Å². The van der Waals surface area contributed by atoms with Crippen molar-refractivity contribution in [2.24, 2.45) is 0 Å². The summed E-state index contributed by atoms with van der Waals surface area (Å²) in [5.41, 5.74) is 0.359. The van der Waals surface area contributed by atoms with Crippen LogP contribution >= 0.6 is 11.3 Å². The number of carboxylic acid groups (broad SMARTS) is 1. The minimum Gasteiger partial charge on any atom is -0.477 e. The fraction of sp³-hybridized carbons (Fsp3) is 0.733. The molecule has 2 rings (SSSR count). The molecule has 1 N–H and O–H groups in total. The molecule has 0 bridgehead atoms. The van der Waals surface area contributed by atoms with E-state index in [0.717, 1.165) is 49.2 Å². The van der Waals surface area contributed by atoms with E-state index in [0.29, 0.717) is 4.88 Å². The van der Waals surface area contributed by atoms with Gasteiger partial charge in [-0.3, -0.25) is 0 Å². The van der Waals surface area contributed by atoms with Crippen molar-refractivity contribution < 1.29 is 14.6 Å². The molecule has 112 valence electrons. The lowest BCUT2D eigenvalue weighted by molar-refractivity contribution is -0.0280. The van der Waals surface area contributed by atoms with Crippen LogP contribution in [-0.2, 0) is 16.8 Å². The van der Waals surface area contributed by atoms with Crippen molar-refractivity contribution in [2.45, 2.75) is 63.9 Å². The molecule has 0 spiro atoms. The van der Waals surface area contributed by atoms with Crippen molar-refractivity contribution in [2.75, 3.05) is 7.11 Å². The van der Waals surface area contributed by atoms with Crippen LogP contribution in [-0.4, -0.2) is 23.2 Å². The van der Waals surface area contributed by atoms with E-state index in [2.05, 4.69) is 4.98 Å². The Morgan fingerprint density at radius 3 is 2.50 bits per heavy atom. The number of carbonyl (C=O) groups is 1. The zero-order valence-electron chi connectivity index (χ0n) is 12.3. The summed E-state index contributed by atoms with van der Waals surface area (Å²) >= 11 is 1.31. The van der Waals surface area contributed by atoms with Gasteiger partial charge in [-0.1, -0.05) is 39.0 Å². The molecule has 1 aromatic heterocycles. The lowest BCUT2D eigenvalue weighted by Gasteiger charge is -2.29. The van der Waals surface area contributed by atoms with Crippen molar-refractivity contribution in [1.82, 2.24) is 4.98 Å². The number of rotatable bonds is 5. The molecule has 0 unspecified atom stereocenters. The second-order valence-corrected chi connectivity index (χ2v) is 6.46. The summed E-state index contributed by atoms with van der Waals surface area (Å²) in [7, 11) is 1.73. The second-order valence-electron chi connectivity index (χ2n) is 5.46. The van der Waals surface area contributed by atoms with Crippen LogP contribution in [0, 0.1) is 0 Å². The van der Waals surface area contributed by atoms with Gasteiger partial charge in [0.15, 0.2) is 0 Å². The average Bonchev–Trinajstić information content (AvgIpc) is 2.71. The summed E-state index contributed by atoms with van der Waals surface area (Å²) in [6, 6.07) is 0. The SMILES string of the molecule is CCCc1nc(C2(OC)CCCCCC2)sc1C(=O)O. The van der Waals surface area contributed by atoms with Gasteiger partial charge in [-0.25, -0.2) is 9.78 Å². The highest BCUT2D eigenvalue weighted by Gasteiger charge is 2.37. The lowest BCUT2D eigenvalue weighted by atomic mass is 9.95. The molecule has 20 heavy (non-hydrogen) atoms. The van der Waals surface area contributed by atoms with Crippen LogP contribution in [0.25, 0.3) is 0 Å². The van der Waals surface area contributed by atoms with Crippen molar-refractivity contribution in [3.8, 4) is 0 Å². The average molecular weight is 297 g/mol. The molecule has 1 aliphatic rings. The number of aromatic nitrogens is 1. The Morgan fingerprint density at radius 1 is 1.35 bits per heavy atom. The molecular formula is C15H23NO3S. The molecule has 4 nitrogen and oxygen atoms in total. The first kappa shape index (κ1) is 15.4. The van der Waals surface area contributed by atoms with Gasteiger partial charge in [0.25, 0.3) is 0 Å². The summed E-state index contributed by atoms with van der Waals surface area (Å²) in [4.78, 5) is 16.4. The van der Waals surface area contributed by atoms with Gasteiger partial charge >= 0.3 is 5.97 Å². The molecule has 1 aliphatic carbocycles. The van der Waals surface area contributed by atoms with Crippen LogP contribution in [0.3, 0.4) is 0 Å². The normalized spacial score (nSPS) is 18.7. The van der Waals surface area contributed by atoms with Crippen LogP contribution in [0.15, 0.2) is 0 Å². The Bertz CT molecular complexity index is 462. The molecule has 1 heterocycles. The molecular weight excluding hydrogens is 274 g/mol. The van der Waals surface area contributed by atoms with E-state index < -0.39 is 5.97 Å². The fourth-order valence-corrected chi connectivity index (χ4v) is 4.10. The largest absolute Gasteiger partial charge is 0.477 e. The third-order valence-electron chi connectivity index (χ3n) is 4.07. The summed E-state index contributed by atoms with van der Waals surface area (Å²) in [5, 5.41) is 10.2. The zero-order chi connectivity index (χ0) is 14.6. The van der Waals surface area contributed by atoms with Crippen LogP contribution in [0.5, 0.6) is 0 Å². The molecule has 1 fully saturated rings. The third kappa shape index (κ3) is 3.04. The van der Waals surface area contributed by atoms with Gasteiger partial charge in [-0.2, -0.15) is 0 Å². The smallest absolute Gasteiger partial charge is 0.347 e. The number of thiazole rings is 1. The van der Waals surface area contributed by atoms with Crippen molar-refractivity contribution in [1.29, 1.82) is 0 Å². The highest BCUT2D eigenvalue weighted by Crippen LogP contribution is 2.41. The number of aryl methyl sites for hydroxylation is 1. The molecule has 0 aromatic carbocycles. The lowest BCUT2D eigenvalue weighted by Crippen LogP contribution is -2.27. The van der Waals surface area contributed by atoms with E-state index in [4.69, 9.17) is 4.74 Å². The predicted molar refractivity (Wildman–Crippen MR) is 79.5 cm³/mol. The maximum Gasteiger partial charge on any atom is 0.347 e. The molecule has 0 amide bonds. The van der Waals surface area contributed by atoms with Crippen molar-refractivity contribution in [3.05, 3.63) is 15.6 Å². The molecule has 1 saturated carbocycles.